The zero-order valence-electron chi connectivity index (χ0n) is 11.9. The second-order valence-corrected chi connectivity index (χ2v) is 7.45. The molecule has 106 valence electrons. The lowest BCUT2D eigenvalue weighted by Gasteiger charge is -2.57. The zero-order valence-corrected chi connectivity index (χ0v) is 11.9. The summed E-state index contributed by atoms with van der Waals surface area (Å²) in [6.07, 6.45) is 3.43. The molecule has 4 atom stereocenters. The van der Waals surface area contributed by atoms with Crippen molar-refractivity contribution in [1.29, 1.82) is 0 Å². The van der Waals surface area contributed by atoms with Gasteiger partial charge in [0.25, 0.3) is 0 Å². The van der Waals surface area contributed by atoms with Crippen LogP contribution in [0.1, 0.15) is 46.5 Å². The minimum Gasteiger partial charge on any atom is -0.463 e. The first kappa shape index (κ1) is 13.1. The molecule has 3 aliphatic rings. The molecule has 4 unspecified atom stereocenters. The van der Waals surface area contributed by atoms with Crippen LogP contribution < -0.4 is 0 Å². The van der Waals surface area contributed by atoms with Gasteiger partial charge in [-0.25, -0.2) is 4.79 Å². The average molecular weight is 266 g/mol. The summed E-state index contributed by atoms with van der Waals surface area (Å²) in [4.78, 5) is 24.2. The third-order valence-corrected chi connectivity index (χ3v) is 6.08. The molecule has 3 rings (SSSR count). The summed E-state index contributed by atoms with van der Waals surface area (Å²) in [6.45, 7) is 6.71. The van der Waals surface area contributed by atoms with Gasteiger partial charge in [-0.1, -0.05) is 27.2 Å². The van der Waals surface area contributed by atoms with Gasteiger partial charge in [-0.15, -0.1) is 0 Å². The largest absolute Gasteiger partial charge is 0.463 e. The average Bonchev–Trinajstić information content (AvgIpc) is 2.62. The predicted octanol–water partition coefficient (Wildman–Crippen LogP) is 1.70. The maximum atomic E-state index is 12.3. The molecule has 4 heteroatoms. The summed E-state index contributed by atoms with van der Waals surface area (Å²) >= 11 is 0. The van der Waals surface area contributed by atoms with Crippen LogP contribution in [-0.4, -0.2) is 29.1 Å². The van der Waals surface area contributed by atoms with Gasteiger partial charge in [0.05, 0.1) is 6.61 Å². The quantitative estimate of drug-likeness (QED) is 0.535. The number of hydrogen-bond donors (Lipinski definition) is 1. The van der Waals surface area contributed by atoms with Crippen molar-refractivity contribution in [2.45, 2.75) is 52.1 Å². The molecule has 1 heterocycles. The summed E-state index contributed by atoms with van der Waals surface area (Å²) in [6, 6.07) is 0. The number of carbonyl (C=O) groups is 2. The Labute approximate surface area is 113 Å². The Bertz CT molecular complexity index is 455. The molecule has 0 spiro atoms. The summed E-state index contributed by atoms with van der Waals surface area (Å²) < 4.78 is 5.05. The van der Waals surface area contributed by atoms with Crippen molar-refractivity contribution >= 4 is 11.8 Å². The smallest absolute Gasteiger partial charge is 0.346 e. The Balaban J connectivity index is 2.09. The predicted molar refractivity (Wildman–Crippen MR) is 68.3 cm³/mol. The normalized spacial score (nSPS) is 48.4. The highest BCUT2D eigenvalue weighted by Gasteiger charge is 2.69. The fourth-order valence-electron chi connectivity index (χ4n) is 4.94. The number of Topliss-reactive ketones (excluding diaryl/α,β-unsaturated/α-hetero) is 1. The van der Waals surface area contributed by atoms with Crippen molar-refractivity contribution in [1.82, 2.24) is 0 Å². The number of ether oxygens (including phenoxy) is 1. The van der Waals surface area contributed by atoms with Crippen LogP contribution in [0.3, 0.4) is 0 Å². The fourth-order valence-corrected chi connectivity index (χ4v) is 4.94. The molecule has 2 aliphatic carbocycles. The monoisotopic (exact) mass is 266 g/mol. The third kappa shape index (κ3) is 1.44. The van der Waals surface area contributed by atoms with Gasteiger partial charge >= 0.3 is 5.97 Å². The van der Waals surface area contributed by atoms with E-state index in [9.17, 15) is 14.7 Å². The van der Waals surface area contributed by atoms with Crippen molar-refractivity contribution in [2.24, 2.45) is 22.7 Å². The topological polar surface area (TPSA) is 63.6 Å². The van der Waals surface area contributed by atoms with Crippen LogP contribution in [0.2, 0.25) is 0 Å². The van der Waals surface area contributed by atoms with Gasteiger partial charge < -0.3 is 9.84 Å². The standard InChI is InChI=1S/C15H22O4/c1-13(2)5-4-6-14(3)9(13)7-11(16)15(18)10(14)8-19-12(15)17/h9-10,18H,4-8H2,1-3H3. The summed E-state index contributed by atoms with van der Waals surface area (Å²) in [5.41, 5.74) is -1.98. The highest BCUT2D eigenvalue weighted by molar-refractivity contribution is 6.09. The van der Waals surface area contributed by atoms with Crippen LogP contribution in [0.4, 0.5) is 0 Å². The molecule has 4 nitrogen and oxygen atoms in total. The SMILES string of the molecule is CC1(C)CCCC2(C)C1CC(=O)C1(O)C(=O)OCC12. The molecule has 0 aromatic carbocycles. The van der Waals surface area contributed by atoms with E-state index < -0.39 is 11.6 Å². The molecule has 2 saturated carbocycles. The number of cyclic esters (lactones) is 1. The molecule has 3 fully saturated rings. The number of ketones is 1. The molecule has 0 aromatic rings. The minimum absolute atomic E-state index is 0.0790. The van der Waals surface area contributed by atoms with Crippen LogP contribution in [0.25, 0.3) is 0 Å². The summed E-state index contributed by atoms with van der Waals surface area (Å²) in [5, 5.41) is 10.6. The lowest BCUT2D eigenvalue weighted by Crippen LogP contribution is -2.63. The Morgan fingerprint density at radius 3 is 2.53 bits per heavy atom. The molecule has 1 saturated heterocycles. The molecule has 1 N–H and O–H groups in total. The third-order valence-electron chi connectivity index (χ3n) is 6.08. The van der Waals surface area contributed by atoms with E-state index in [1.54, 1.807) is 0 Å². The number of esters is 1. The summed E-state index contributed by atoms with van der Waals surface area (Å²) in [7, 11) is 0. The molecule has 0 bridgehead atoms. The van der Waals surface area contributed by atoms with Crippen LogP contribution in [0.15, 0.2) is 0 Å². The molecular weight excluding hydrogens is 244 g/mol. The molecule has 1 aliphatic heterocycles. The van der Waals surface area contributed by atoms with E-state index in [0.29, 0.717) is 6.42 Å². The maximum Gasteiger partial charge on any atom is 0.346 e. The van der Waals surface area contributed by atoms with Crippen LogP contribution in [-0.2, 0) is 14.3 Å². The number of rotatable bonds is 0. The van der Waals surface area contributed by atoms with E-state index in [1.165, 1.54) is 0 Å². The minimum atomic E-state index is -1.88. The Kier molecular flexibility index (Phi) is 2.48. The van der Waals surface area contributed by atoms with Crippen molar-refractivity contribution in [3.8, 4) is 0 Å². The van der Waals surface area contributed by atoms with Gasteiger partial charge in [0.15, 0.2) is 5.78 Å². The summed E-state index contributed by atoms with van der Waals surface area (Å²) in [5.74, 6) is -1.22. The number of aliphatic hydroxyl groups is 1. The van der Waals surface area contributed by atoms with E-state index in [0.717, 1.165) is 19.3 Å². The number of fused-ring (bicyclic) bond motifs is 3. The lowest BCUT2D eigenvalue weighted by molar-refractivity contribution is -0.181. The van der Waals surface area contributed by atoms with Gasteiger partial charge in [0, 0.05) is 12.3 Å². The number of carbonyl (C=O) groups excluding carboxylic acids is 2. The van der Waals surface area contributed by atoms with Crippen molar-refractivity contribution < 1.29 is 19.4 Å². The molecule has 0 radical (unpaired) electrons. The highest BCUT2D eigenvalue weighted by atomic mass is 16.6. The van der Waals surface area contributed by atoms with E-state index >= 15 is 0 Å². The highest BCUT2D eigenvalue weighted by Crippen LogP contribution is 2.62. The Hall–Kier alpha value is -0.900. The van der Waals surface area contributed by atoms with Gasteiger partial charge in [0.1, 0.15) is 0 Å². The van der Waals surface area contributed by atoms with E-state index in [2.05, 4.69) is 20.8 Å². The van der Waals surface area contributed by atoms with Gasteiger partial charge in [-0.05, 0) is 29.6 Å². The van der Waals surface area contributed by atoms with E-state index in [1.807, 2.05) is 0 Å². The van der Waals surface area contributed by atoms with Crippen molar-refractivity contribution in [2.75, 3.05) is 6.61 Å². The van der Waals surface area contributed by atoms with Crippen LogP contribution >= 0.6 is 0 Å². The van der Waals surface area contributed by atoms with Gasteiger partial charge in [0.2, 0.25) is 5.60 Å². The second-order valence-electron chi connectivity index (χ2n) is 7.45. The van der Waals surface area contributed by atoms with Crippen LogP contribution in [0, 0.1) is 22.7 Å². The van der Waals surface area contributed by atoms with E-state index in [-0.39, 0.29) is 35.1 Å². The van der Waals surface area contributed by atoms with Crippen LogP contribution in [0.5, 0.6) is 0 Å². The first-order chi connectivity index (χ1) is 8.73. The Morgan fingerprint density at radius 1 is 1.16 bits per heavy atom. The zero-order chi connectivity index (χ0) is 14.1. The van der Waals surface area contributed by atoms with Gasteiger partial charge in [-0.3, -0.25) is 4.79 Å². The first-order valence-corrected chi connectivity index (χ1v) is 7.16. The molecule has 0 aromatic heterocycles. The van der Waals surface area contributed by atoms with E-state index in [4.69, 9.17) is 4.74 Å². The molecule has 19 heavy (non-hydrogen) atoms. The maximum absolute atomic E-state index is 12.3. The molecular formula is C15H22O4. The fraction of sp³-hybridized carbons (Fsp3) is 0.867. The van der Waals surface area contributed by atoms with Crippen molar-refractivity contribution in [3.05, 3.63) is 0 Å². The lowest BCUT2D eigenvalue weighted by atomic mass is 9.46. The van der Waals surface area contributed by atoms with Crippen molar-refractivity contribution in [3.63, 3.8) is 0 Å². The van der Waals surface area contributed by atoms with Gasteiger partial charge in [-0.2, -0.15) is 0 Å². The Morgan fingerprint density at radius 2 is 1.84 bits per heavy atom. The number of hydrogen-bond acceptors (Lipinski definition) is 4. The second kappa shape index (κ2) is 3.60. The molecule has 0 amide bonds. The first-order valence-electron chi connectivity index (χ1n) is 7.16.